The van der Waals surface area contributed by atoms with E-state index in [1.807, 2.05) is 62.4 Å². The number of methoxy groups -OCH3 is 1. The summed E-state index contributed by atoms with van der Waals surface area (Å²) >= 11 is 11.7. The molecule has 10 heteroatoms. The molecule has 2 atom stereocenters. The number of ether oxygens (including phenoxy) is 2. The van der Waals surface area contributed by atoms with Crippen molar-refractivity contribution >= 4 is 58.5 Å². The van der Waals surface area contributed by atoms with Gasteiger partial charge in [-0.2, -0.15) is 0 Å². The number of halogens is 2. The molecule has 0 aliphatic carbocycles. The lowest BCUT2D eigenvalue weighted by Gasteiger charge is -2.30. The number of esters is 1. The average molecular weight is 612 g/mol. The molecule has 8 nitrogen and oxygen atoms in total. The summed E-state index contributed by atoms with van der Waals surface area (Å²) in [7, 11) is 1.34. The number of rotatable bonds is 7. The number of amides is 3. The fraction of sp³-hybridized carbons (Fsp3) is 0.250. The van der Waals surface area contributed by atoms with Gasteiger partial charge in [-0.25, -0.2) is 14.5 Å². The van der Waals surface area contributed by atoms with E-state index < -0.39 is 29.6 Å². The number of carbonyl (C=O) groups is 4. The summed E-state index contributed by atoms with van der Waals surface area (Å²) in [6, 6.07) is 19.1. The summed E-state index contributed by atoms with van der Waals surface area (Å²) in [5, 5.41) is 0.649. The first-order chi connectivity index (χ1) is 19.8. The monoisotopic (exact) mass is 610 g/mol. The van der Waals surface area contributed by atoms with Gasteiger partial charge in [-0.05, 0) is 68.7 Å². The van der Waals surface area contributed by atoms with E-state index in [2.05, 4.69) is 6.58 Å². The molecule has 0 aromatic heterocycles. The topological polar surface area (TPSA) is 93.2 Å². The third kappa shape index (κ3) is 7.19. The molecule has 2 unspecified atom stereocenters. The SMILES string of the molecule is C=CC1(C)OC(=O)N(c2cc(Cl)cc(Cl)c2)C1=O.COC(=O)C(C)N(C(=O)Cc1ccccc1)c1c(C)cccc1C. The van der Waals surface area contributed by atoms with Gasteiger partial charge in [0.05, 0.1) is 24.9 Å². The average Bonchev–Trinajstić information content (AvgIpc) is 3.18. The molecule has 220 valence electrons. The molecule has 1 aliphatic heterocycles. The molecule has 3 aromatic rings. The Kier molecular flexibility index (Phi) is 10.5. The van der Waals surface area contributed by atoms with Crippen LogP contribution in [0.2, 0.25) is 10.0 Å². The predicted molar refractivity (Wildman–Crippen MR) is 164 cm³/mol. The number of nitrogens with zero attached hydrogens (tertiary/aromatic N) is 2. The Labute approximate surface area is 255 Å². The molecule has 0 saturated carbocycles. The molecule has 1 fully saturated rings. The van der Waals surface area contributed by atoms with E-state index in [0.717, 1.165) is 27.3 Å². The van der Waals surface area contributed by atoms with Crippen molar-refractivity contribution in [3.8, 4) is 0 Å². The second kappa shape index (κ2) is 13.7. The van der Waals surface area contributed by atoms with Crippen LogP contribution in [-0.4, -0.2) is 42.6 Å². The van der Waals surface area contributed by atoms with E-state index in [9.17, 15) is 19.2 Å². The van der Waals surface area contributed by atoms with Crippen molar-refractivity contribution in [2.45, 2.75) is 45.8 Å². The number of aryl methyl sites for hydroxylation is 2. The normalized spacial score (nSPS) is 16.6. The number of hydrogen-bond acceptors (Lipinski definition) is 6. The van der Waals surface area contributed by atoms with Crippen LogP contribution >= 0.6 is 23.2 Å². The van der Waals surface area contributed by atoms with Crippen molar-refractivity contribution in [3.05, 3.63) is 106 Å². The zero-order valence-corrected chi connectivity index (χ0v) is 25.5. The zero-order chi connectivity index (χ0) is 31.2. The first-order valence-corrected chi connectivity index (χ1v) is 13.8. The van der Waals surface area contributed by atoms with E-state index in [0.29, 0.717) is 10.0 Å². The molecular formula is C32H32Cl2N2O6. The minimum absolute atomic E-state index is 0.128. The summed E-state index contributed by atoms with van der Waals surface area (Å²) in [6.45, 7) is 10.5. The zero-order valence-electron chi connectivity index (χ0n) is 24.0. The lowest BCUT2D eigenvalue weighted by atomic mass is 10.0. The Morgan fingerprint density at radius 2 is 1.60 bits per heavy atom. The highest BCUT2D eigenvalue weighted by Crippen LogP contribution is 2.33. The minimum atomic E-state index is -1.36. The third-order valence-corrected chi connectivity index (χ3v) is 7.12. The summed E-state index contributed by atoms with van der Waals surface area (Å²) in [4.78, 5) is 51.4. The molecule has 3 aromatic carbocycles. The number of cyclic esters (lactones) is 1. The molecule has 0 bridgehead atoms. The summed E-state index contributed by atoms with van der Waals surface area (Å²) < 4.78 is 9.85. The highest BCUT2D eigenvalue weighted by molar-refractivity contribution is 6.35. The Morgan fingerprint density at radius 3 is 2.10 bits per heavy atom. The first kappa shape index (κ1) is 32.4. The fourth-order valence-electron chi connectivity index (χ4n) is 4.45. The number of carbonyl (C=O) groups excluding carboxylic acids is 4. The molecule has 0 spiro atoms. The maximum Gasteiger partial charge on any atom is 0.422 e. The molecule has 1 aliphatic rings. The molecule has 0 radical (unpaired) electrons. The van der Waals surface area contributed by atoms with Gasteiger partial charge in [0.1, 0.15) is 6.04 Å². The van der Waals surface area contributed by atoms with Gasteiger partial charge in [0, 0.05) is 10.0 Å². The van der Waals surface area contributed by atoms with Gasteiger partial charge >= 0.3 is 12.1 Å². The van der Waals surface area contributed by atoms with Crippen LogP contribution in [0.4, 0.5) is 16.2 Å². The lowest BCUT2D eigenvalue weighted by Crippen LogP contribution is -2.45. The fourth-order valence-corrected chi connectivity index (χ4v) is 4.96. The number of anilines is 2. The molecular weight excluding hydrogens is 579 g/mol. The Balaban J connectivity index is 0.000000240. The molecule has 4 rings (SSSR count). The third-order valence-electron chi connectivity index (χ3n) is 6.68. The second-order valence-corrected chi connectivity index (χ2v) is 10.7. The summed E-state index contributed by atoms with van der Waals surface area (Å²) in [5.74, 6) is -1.09. The van der Waals surface area contributed by atoms with Gasteiger partial charge in [-0.15, -0.1) is 0 Å². The quantitative estimate of drug-likeness (QED) is 0.214. The second-order valence-electron chi connectivity index (χ2n) is 9.81. The maximum atomic E-state index is 13.0. The van der Waals surface area contributed by atoms with Crippen LogP contribution < -0.4 is 9.80 Å². The van der Waals surface area contributed by atoms with Crippen LogP contribution in [0.1, 0.15) is 30.5 Å². The number of hydrogen-bond donors (Lipinski definition) is 0. The lowest BCUT2D eigenvalue weighted by molar-refractivity contribution is -0.143. The summed E-state index contributed by atoms with van der Waals surface area (Å²) in [6.07, 6.45) is 0.732. The van der Waals surface area contributed by atoms with Crippen LogP contribution in [0, 0.1) is 13.8 Å². The Hall–Kier alpha value is -4.14. The molecule has 0 N–H and O–H groups in total. The van der Waals surface area contributed by atoms with E-state index in [-0.39, 0.29) is 18.0 Å². The highest BCUT2D eigenvalue weighted by Gasteiger charge is 2.49. The van der Waals surface area contributed by atoms with Crippen molar-refractivity contribution in [3.63, 3.8) is 0 Å². The van der Waals surface area contributed by atoms with Crippen molar-refractivity contribution in [1.29, 1.82) is 0 Å². The van der Waals surface area contributed by atoms with Gasteiger partial charge in [0.25, 0.3) is 5.91 Å². The minimum Gasteiger partial charge on any atom is -0.467 e. The Bertz CT molecular complexity index is 1470. The van der Waals surface area contributed by atoms with Gasteiger partial charge in [0.15, 0.2) is 0 Å². The van der Waals surface area contributed by atoms with Crippen LogP contribution in [0.3, 0.4) is 0 Å². The van der Waals surface area contributed by atoms with Gasteiger partial charge in [-0.1, -0.05) is 78.3 Å². The summed E-state index contributed by atoms with van der Waals surface area (Å²) in [5.41, 5.74) is 2.51. The van der Waals surface area contributed by atoms with Crippen molar-refractivity contribution in [2.24, 2.45) is 0 Å². The highest BCUT2D eigenvalue weighted by atomic mass is 35.5. The first-order valence-electron chi connectivity index (χ1n) is 13.0. The molecule has 3 amide bonds. The van der Waals surface area contributed by atoms with Gasteiger partial charge < -0.3 is 9.47 Å². The largest absolute Gasteiger partial charge is 0.467 e. The predicted octanol–water partition coefficient (Wildman–Crippen LogP) is 6.86. The van der Waals surface area contributed by atoms with Crippen LogP contribution in [0.5, 0.6) is 0 Å². The number of imide groups is 1. The molecule has 1 heterocycles. The van der Waals surface area contributed by atoms with Crippen molar-refractivity contribution in [2.75, 3.05) is 16.9 Å². The van der Waals surface area contributed by atoms with Crippen molar-refractivity contribution in [1.82, 2.24) is 0 Å². The van der Waals surface area contributed by atoms with Crippen LogP contribution in [0.15, 0.2) is 79.4 Å². The van der Waals surface area contributed by atoms with E-state index in [4.69, 9.17) is 32.7 Å². The Morgan fingerprint density at radius 1 is 1.02 bits per heavy atom. The van der Waals surface area contributed by atoms with E-state index >= 15 is 0 Å². The van der Waals surface area contributed by atoms with E-state index in [1.54, 1.807) is 11.8 Å². The number of para-hydroxylation sites is 1. The smallest absolute Gasteiger partial charge is 0.422 e. The van der Waals surface area contributed by atoms with Crippen LogP contribution in [-0.2, 0) is 30.3 Å². The van der Waals surface area contributed by atoms with Gasteiger partial charge in [-0.3, -0.25) is 14.5 Å². The number of benzene rings is 3. The van der Waals surface area contributed by atoms with E-state index in [1.165, 1.54) is 38.3 Å². The van der Waals surface area contributed by atoms with Crippen LogP contribution in [0.25, 0.3) is 0 Å². The van der Waals surface area contributed by atoms with Gasteiger partial charge in [0.2, 0.25) is 11.5 Å². The molecule has 1 saturated heterocycles. The van der Waals surface area contributed by atoms with Crippen molar-refractivity contribution < 1.29 is 28.7 Å². The molecule has 42 heavy (non-hydrogen) atoms. The standard InChI is InChI=1S/C20H23NO3.C12H9Cl2NO3/c1-14-9-8-10-15(2)19(14)21(16(3)20(23)24-4)18(22)13-17-11-6-5-7-12-17;1-3-12(2)10(16)15(11(17)18-12)9-5-7(13)4-8(14)6-9/h5-12,16H,13H2,1-4H3;3-6H,1H2,2H3. The maximum absolute atomic E-state index is 13.0.